The van der Waals surface area contributed by atoms with Gasteiger partial charge in [-0.05, 0) is 43.2 Å². The van der Waals surface area contributed by atoms with Crippen LogP contribution in [0.1, 0.15) is 34.2 Å². The lowest BCUT2D eigenvalue weighted by Crippen LogP contribution is -2.23. The first-order valence-electron chi connectivity index (χ1n) is 8.74. The van der Waals surface area contributed by atoms with Crippen LogP contribution in [-0.2, 0) is 19.7 Å². The number of amides is 1. The van der Waals surface area contributed by atoms with E-state index in [-0.39, 0.29) is 5.91 Å². The Kier molecular flexibility index (Phi) is 5.69. The van der Waals surface area contributed by atoms with Gasteiger partial charge in [0.15, 0.2) is 0 Å². The number of ether oxygens (including phenoxy) is 1. The van der Waals surface area contributed by atoms with Crippen molar-refractivity contribution in [1.29, 1.82) is 0 Å². The smallest absolute Gasteiger partial charge is 0.272 e. The molecule has 1 aromatic heterocycles. The SMILES string of the molecule is CCn1nc(C(=O)NCc2ccc(OCc3ccccc3)cc2)cc1C. The van der Waals surface area contributed by atoms with Crippen LogP contribution in [0.5, 0.6) is 5.75 Å². The van der Waals surface area contributed by atoms with Crippen LogP contribution in [0.3, 0.4) is 0 Å². The monoisotopic (exact) mass is 349 g/mol. The van der Waals surface area contributed by atoms with E-state index in [0.717, 1.165) is 29.1 Å². The van der Waals surface area contributed by atoms with Gasteiger partial charge in [-0.15, -0.1) is 0 Å². The normalized spacial score (nSPS) is 10.5. The summed E-state index contributed by atoms with van der Waals surface area (Å²) in [6.07, 6.45) is 0. The standard InChI is InChI=1S/C21H23N3O2/c1-3-24-16(2)13-20(23-24)21(25)22-14-17-9-11-19(12-10-17)26-15-18-7-5-4-6-8-18/h4-13H,3,14-15H2,1-2H3,(H,22,25). The maximum absolute atomic E-state index is 12.2. The van der Waals surface area contributed by atoms with Crippen LogP contribution in [-0.4, -0.2) is 15.7 Å². The molecule has 5 nitrogen and oxygen atoms in total. The van der Waals surface area contributed by atoms with E-state index in [0.29, 0.717) is 18.8 Å². The molecule has 5 heteroatoms. The third kappa shape index (κ3) is 4.51. The number of hydrogen-bond donors (Lipinski definition) is 1. The van der Waals surface area contributed by atoms with Gasteiger partial charge in [-0.1, -0.05) is 42.5 Å². The molecule has 0 spiro atoms. The molecule has 0 unspecified atom stereocenters. The van der Waals surface area contributed by atoms with Crippen molar-refractivity contribution in [3.05, 3.63) is 83.2 Å². The summed E-state index contributed by atoms with van der Waals surface area (Å²) in [6.45, 7) is 5.69. The number of hydrogen-bond acceptors (Lipinski definition) is 3. The van der Waals surface area contributed by atoms with E-state index in [1.165, 1.54) is 0 Å². The van der Waals surface area contributed by atoms with Crippen molar-refractivity contribution in [3.8, 4) is 5.75 Å². The first-order valence-corrected chi connectivity index (χ1v) is 8.74. The number of nitrogens with one attached hydrogen (secondary N) is 1. The van der Waals surface area contributed by atoms with Crippen molar-refractivity contribution in [2.75, 3.05) is 0 Å². The fourth-order valence-electron chi connectivity index (χ4n) is 2.66. The summed E-state index contributed by atoms with van der Waals surface area (Å²) in [5, 5.41) is 7.19. The van der Waals surface area contributed by atoms with Gasteiger partial charge in [0.05, 0.1) is 0 Å². The quantitative estimate of drug-likeness (QED) is 0.707. The van der Waals surface area contributed by atoms with Crippen molar-refractivity contribution in [1.82, 2.24) is 15.1 Å². The van der Waals surface area contributed by atoms with Gasteiger partial charge in [0.2, 0.25) is 0 Å². The predicted molar refractivity (Wildman–Crippen MR) is 101 cm³/mol. The summed E-state index contributed by atoms with van der Waals surface area (Å²) in [6, 6.07) is 19.6. The highest BCUT2D eigenvalue weighted by Gasteiger charge is 2.11. The van der Waals surface area contributed by atoms with E-state index >= 15 is 0 Å². The molecule has 1 N–H and O–H groups in total. The molecule has 134 valence electrons. The van der Waals surface area contributed by atoms with Gasteiger partial charge in [-0.2, -0.15) is 5.10 Å². The van der Waals surface area contributed by atoms with Crippen LogP contribution >= 0.6 is 0 Å². The molecule has 3 aromatic rings. The lowest BCUT2D eigenvalue weighted by Gasteiger charge is -2.08. The molecule has 0 aliphatic heterocycles. The minimum atomic E-state index is -0.162. The number of carbonyl (C=O) groups excluding carboxylic acids is 1. The van der Waals surface area contributed by atoms with Crippen LogP contribution in [0.25, 0.3) is 0 Å². The molecule has 3 rings (SSSR count). The fraction of sp³-hybridized carbons (Fsp3) is 0.238. The Morgan fingerprint density at radius 2 is 1.81 bits per heavy atom. The molecule has 0 radical (unpaired) electrons. The molecule has 26 heavy (non-hydrogen) atoms. The lowest BCUT2D eigenvalue weighted by molar-refractivity contribution is 0.0945. The Morgan fingerprint density at radius 1 is 1.08 bits per heavy atom. The van der Waals surface area contributed by atoms with E-state index in [2.05, 4.69) is 10.4 Å². The van der Waals surface area contributed by atoms with Gasteiger partial charge in [-0.25, -0.2) is 0 Å². The van der Waals surface area contributed by atoms with Gasteiger partial charge in [0.1, 0.15) is 18.1 Å². The van der Waals surface area contributed by atoms with E-state index in [9.17, 15) is 4.79 Å². The average molecular weight is 349 g/mol. The molecule has 0 fully saturated rings. The zero-order valence-corrected chi connectivity index (χ0v) is 15.1. The van der Waals surface area contributed by atoms with Crippen LogP contribution in [0.2, 0.25) is 0 Å². The van der Waals surface area contributed by atoms with E-state index in [1.54, 1.807) is 6.07 Å². The predicted octanol–water partition coefficient (Wildman–Crippen LogP) is 3.72. The first kappa shape index (κ1) is 17.7. The Labute approximate surface area is 153 Å². The topological polar surface area (TPSA) is 56.2 Å². The Hall–Kier alpha value is -3.08. The van der Waals surface area contributed by atoms with Crippen LogP contribution < -0.4 is 10.1 Å². The van der Waals surface area contributed by atoms with Crippen molar-refractivity contribution in [2.24, 2.45) is 0 Å². The van der Waals surface area contributed by atoms with E-state index in [1.807, 2.05) is 73.1 Å². The van der Waals surface area contributed by atoms with Crippen molar-refractivity contribution in [3.63, 3.8) is 0 Å². The Bertz CT molecular complexity index is 855. The lowest BCUT2D eigenvalue weighted by atomic mass is 10.2. The summed E-state index contributed by atoms with van der Waals surface area (Å²) in [5.41, 5.74) is 3.58. The highest BCUT2D eigenvalue weighted by molar-refractivity contribution is 5.92. The Morgan fingerprint density at radius 3 is 2.46 bits per heavy atom. The third-order valence-electron chi connectivity index (χ3n) is 4.14. The number of nitrogens with zero attached hydrogens (tertiary/aromatic N) is 2. The molecule has 0 saturated heterocycles. The second-order valence-corrected chi connectivity index (χ2v) is 6.09. The molecule has 2 aromatic carbocycles. The molecule has 1 heterocycles. The number of aryl methyl sites for hydroxylation is 2. The maximum Gasteiger partial charge on any atom is 0.272 e. The number of carbonyl (C=O) groups is 1. The van der Waals surface area contributed by atoms with E-state index in [4.69, 9.17) is 4.74 Å². The minimum Gasteiger partial charge on any atom is -0.489 e. The molecule has 0 aliphatic rings. The largest absolute Gasteiger partial charge is 0.489 e. The average Bonchev–Trinajstić information content (AvgIpc) is 3.07. The Balaban J connectivity index is 1.51. The summed E-state index contributed by atoms with van der Waals surface area (Å²) in [7, 11) is 0. The fourth-order valence-corrected chi connectivity index (χ4v) is 2.66. The van der Waals surface area contributed by atoms with Gasteiger partial charge < -0.3 is 10.1 Å². The number of rotatable bonds is 7. The number of aromatic nitrogens is 2. The van der Waals surface area contributed by atoms with Crippen LogP contribution in [0, 0.1) is 6.92 Å². The van der Waals surface area contributed by atoms with Crippen molar-refractivity contribution in [2.45, 2.75) is 33.5 Å². The molecular formula is C21H23N3O2. The van der Waals surface area contributed by atoms with Gasteiger partial charge in [0, 0.05) is 18.8 Å². The summed E-state index contributed by atoms with van der Waals surface area (Å²) >= 11 is 0. The third-order valence-corrected chi connectivity index (χ3v) is 4.14. The molecule has 0 saturated carbocycles. The summed E-state index contributed by atoms with van der Waals surface area (Å²) in [5.74, 6) is 0.644. The highest BCUT2D eigenvalue weighted by atomic mass is 16.5. The van der Waals surface area contributed by atoms with Crippen LogP contribution in [0.4, 0.5) is 0 Å². The molecule has 1 amide bonds. The van der Waals surface area contributed by atoms with Crippen molar-refractivity contribution < 1.29 is 9.53 Å². The van der Waals surface area contributed by atoms with Gasteiger partial charge >= 0.3 is 0 Å². The molecule has 0 atom stereocenters. The second kappa shape index (κ2) is 8.34. The zero-order valence-electron chi connectivity index (χ0n) is 15.1. The molecular weight excluding hydrogens is 326 g/mol. The van der Waals surface area contributed by atoms with Gasteiger partial charge in [-0.3, -0.25) is 9.48 Å². The minimum absolute atomic E-state index is 0.162. The summed E-state index contributed by atoms with van der Waals surface area (Å²) in [4.78, 5) is 12.2. The van der Waals surface area contributed by atoms with Crippen molar-refractivity contribution >= 4 is 5.91 Å². The molecule has 0 aliphatic carbocycles. The van der Waals surface area contributed by atoms with E-state index < -0.39 is 0 Å². The van der Waals surface area contributed by atoms with Crippen LogP contribution in [0.15, 0.2) is 60.7 Å². The first-order chi connectivity index (χ1) is 12.7. The summed E-state index contributed by atoms with van der Waals surface area (Å²) < 4.78 is 7.58. The maximum atomic E-state index is 12.2. The number of benzene rings is 2. The van der Waals surface area contributed by atoms with Gasteiger partial charge in [0.25, 0.3) is 5.91 Å². The second-order valence-electron chi connectivity index (χ2n) is 6.09. The highest BCUT2D eigenvalue weighted by Crippen LogP contribution is 2.14. The zero-order chi connectivity index (χ0) is 18.4. The molecule has 0 bridgehead atoms.